The quantitative estimate of drug-likeness (QED) is 0.620. The molecule has 0 radical (unpaired) electrons. The van der Waals surface area contributed by atoms with Gasteiger partial charge in [0.1, 0.15) is 17.2 Å². The van der Waals surface area contributed by atoms with Gasteiger partial charge in [0.25, 0.3) is 0 Å². The Balaban J connectivity index is 2.15. The Morgan fingerprint density at radius 3 is 2.33 bits per heavy atom. The number of nitrogens with zero attached hydrogens (tertiary/aromatic N) is 3. The van der Waals surface area contributed by atoms with Crippen molar-refractivity contribution in [1.29, 1.82) is 0 Å². The monoisotopic (exact) mass is 333 g/mol. The molecule has 0 aliphatic carbocycles. The Kier molecular flexibility index (Phi) is 5.06. The molecule has 0 atom stereocenters. The number of carbonyl (C=O) groups is 1. The molecule has 0 spiro atoms. The third kappa shape index (κ3) is 3.64. The molecular weight excluding hydrogens is 320 g/mol. The molecule has 8 heteroatoms. The van der Waals surface area contributed by atoms with E-state index in [1.807, 2.05) is 0 Å². The van der Waals surface area contributed by atoms with Crippen molar-refractivity contribution in [2.75, 3.05) is 14.2 Å². The van der Waals surface area contributed by atoms with E-state index in [0.717, 1.165) is 26.4 Å². The molecule has 24 heavy (non-hydrogen) atoms. The molecule has 0 saturated carbocycles. The van der Waals surface area contributed by atoms with E-state index in [0.29, 0.717) is 16.5 Å². The molecule has 0 fully saturated rings. The topological polar surface area (TPSA) is 56.0 Å². The molecule has 124 valence electrons. The SMILES string of the molecule is [C-]#[N+]c1ccc(Oc2ccc(C(F)(F)C(=O)N(C)OC)nc2)cc1. The summed E-state index contributed by atoms with van der Waals surface area (Å²) in [6, 6.07) is 8.57. The second kappa shape index (κ2) is 7.02. The summed E-state index contributed by atoms with van der Waals surface area (Å²) in [4.78, 5) is 22.9. The van der Waals surface area contributed by atoms with Gasteiger partial charge in [-0.3, -0.25) is 14.6 Å². The summed E-state index contributed by atoms with van der Waals surface area (Å²) in [5.41, 5.74) is -0.261. The standard InChI is InChI=1S/C16H13F2N3O3/c1-19-11-4-6-12(7-5-11)24-13-8-9-14(20-10-13)16(17,18)15(22)21(2)23-3/h4-10H,2-3H3. The van der Waals surface area contributed by atoms with Crippen molar-refractivity contribution < 1.29 is 23.1 Å². The van der Waals surface area contributed by atoms with E-state index in [1.165, 1.54) is 6.07 Å². The fraction of sp³-hybridized carbons (Fsp3) is 0.188. The predicted octanol–water partition coefficient (Wildman–Crippen LogP) is 3.54. The van der Waals surface area contributed by atoms with Crippen LogP contribution in [0.15, 0.2) is 42.6 Å². The number of hydrogen-bond acceptors (Lipinski definition) is 4. The molecule has 0 aliphatic heterocycles. The van der Waals surface area contributed by atoms with E-state index in [1.54, 1.807) is 24.3 Å². The molecule has 2 aromatic rings. The fourth-order valence-corrected chi connectivity index (χ4v) is 1.74. The highest BCUT2D eigenvalue weighted by atomic mass is 19.3. The third-order valence-electron chi connectivity index (χ3n) is 3.09. The number of hydrogen-bond donors (Lipinski definition) is 0. The average Bonchev–Trinajstić information content (AvgIpc) is 2.61. The number of ether oxygens (including phenoxy) is 1. The highest BCUT2D eigenvalue weighted by Gasteiger charge is 2.45. The predicted molar refractivity (Wildman–Crippen MR) is 80.7 cm³/mol. The van der Waals surface area contributed by atoms with Gasteiger partial charge in [-0.2, -0.15) is 8.78 Å². The minimum atomic E-state index is -3.82. The summed E-state index contributed by atoms with van der Waals surface area (Å²) in [5.74, 6) is -4.70. The lowest BCUT2D eigenvalue weighted by molar-refractivity contribution is -0.196. The summed E-state index contributed by atoms with van der Waals surface area (Å²) >= 11 is 0. The van der Waals surface area contributed by atoms with Crippen molar-refractivity contribution in [3.05, 3.63) is 59.7 Å². The number of amides is 1. The molecule has 0 aliphatic rings. The van der Waals surface area contributed by atoms with Crippen molar-refractivity contribution in [3.8, 4) is 11.5 Å². The first-order valence-corrected chi connectivity index (χ1v) is 6.70. The Bertz CT molecular complexity index is 756. The van der Waals surface area contributed by atoms with Crippen LogP contribution in [0.25, 0.3) is 4.85 Å². The van der Waals surface area contributed by atoms with Crippen LogP contribution in [-0.2, 0) is 15.6 Å². The number of alkyl halides is 2. The number of rotatable bonds is 5. The van der Waals surface area contributed by atoms with E-state index in [-0.39, 0.29) is 5.75 Å². The summed E-state index contributed by atoms with van der Waals surface area (Å²) in [5, 5.41) is 0.436. The molecule has 6 nitrogen and oxygen atoms in total. The lowest BCUT2D eigenvalue weighted by Crippen LogP contribution is -2.39. The zero-order chi connectivity index (χ0) is 17.7. The zero-order valence-corrected chi connectivity index (χ0v) is 12.9. The van der Waals surface area contributed by atoms with Gasteiger partial charge in [-0.15, -0.1) is 0 Å². The van der Waals surface area contributed by atoms with Gasteiger partial charge in [0.05, 0.1) is 19.9 Å². The third-order valence-corrected chi connectivity index (χ3v) is 3.09. The molecule has 1 amide bonds. The molecule has 0 bridgehead atoms. The summed E-state index contributed by atoms with van der Waals surface area (Å²) in [6.45, 7) is 6.86. The lowest BCUT2D eigenvalue weighted by atomic mass is 10.2. The molecule has 1 heterocycles. The highest BCUT2D eigenvalue weighted by Crippen LogP contribution is 2.30. The Labute approximate surface area is 137 Å². The second-order valence-corrected chi connectivity index (χ2v) is 4.65. The van der Waals surface area contributed by atoms with Crippen LogP contribution in [-0.4, -0.2) is 30.1 Å². The Morgan fingerprint density at radius 2 is 1.83 bits per heavy atom. The first kappa shape index (κ1) is 17.3. The van der Waals surface area contributed by atoms with Crippen molar-refractivity contribution >= 4 is 11.6 Å². The summed E-state index contributed by atoms with van der Waals surface area (Å²) in [7, 11) is 2.19. The molecule has 0 N–H and O–H groups in total. The van der Waals surface area contributed by atoms with Gasteiger partial charge in [0.2, 0.25) is 0 Å². The molecule has 1 aromatic carbocycles. The zero-order valence-electron chi connectivity index (χ0n) is 12.9. The Hall–Kier alpha value is -3.05. The van der Waals surface area contributed by atoms with Crippen molar-refractivity contribution in [1.82, 2.24) is 10.0 Å². The summed E-state index contributed by atoms with van der Waals surface area (Å²) < 4.78 is 33.5. The first-order valence-electron chi connectivity index (χ1n) is 6.70. The molecule has 1 aromatic heterocycles. The number of halogens is 2. The van der Waals surface area contributed by atoms with Gasteiger partial charge in [-0.05, 0) is 24.3 Å². The van der Waals surface area contributed by atoms with Crippen LogP contribution in [0.4, 0.5) is 14.5 Å². The first-order chi connectivity index (χ1) is 11.4. The van der Waals surface area contributed by atoms with E-state index in [4.69, 9.17) is 11.3 Å². The number of likely N-dealkylation sites (N-methyl/N-ethyl adjacent to an activating group) is 1. The van der Waals surface area contributed by atoms with Gasteiger partial charge < -0.3 is 4.74 Å². The molecule has 2 rings (SSSR count). The maximum Gasteiger partial charge on any atom is 0.368 e. The van der Waals surface area contributed by atoms with Gasteiger partial charge in [-0.1, -0.05) is 12.1 Å². The number of hydroxylamine groups is 2. The molecule has 0 saturated heterocycles. The van der Waals surface area contributed by atoms with Gasteiger partial charge in [-0.25, -0.2) is 9.91 Å². The van der Waals surface area contributed by atoms with Crippen LogP contribution >= 0.6 is 0 Å². The number of carbonyl (C=O) groups excluding carboxylic acids is 1. The van der Waals surface area contributed by atoms with E-state index in [9.17, 15) is 13.6 Å². The minimum Gasteiger partial charge on any atom is -0.456 e. The van der Waals surface area contributed by atoms with Crippen LogP contribution in [0.2, 0.25) is 0 Å². The number of aromatic nitrogens is 1. The minimum absolute atomic E-state index is 0.220. The lowest BCUT2D eigenvalue weighted by Gasteiger charge is -2.20. The van der Waals surface area contributed by atoms with E-state index >= 15 is 0 Å². The van der Waals surface area contributed by atoms with Crippen LogP contribution in [0.3, 0.4) is 0 Å². The fourth-order valence-electron chi connectivity index (χ4n) is 1.74. The van der Waals surface area contributed by atoms with Gasteiger partial charge in [0, 0.05) is 7.05 Å². The maximum atomic E-state index is 14.0. The smallest absolute Gasteiger partial charge is 0.368 e. The molecular formula is C16H13F2N3O3. The highest BCUT2D eigenvalue weighted by molar-refractivity contribution is 5.83. The van der Waals surface area contributed by atoms with E-state index < -0.39 is 17.5 Å². The summed E-state index contributed by atoms with van der Waals surface area (Å²) in [6.07, 6.45) is 1.09. The number of benzene rings is 1. The molecule has 0 unspecified atom stereocenters. The van der Waals surface area contributed by atoms with Crippen LogP contribution in [0.5, 0.6) is 11.5 Å². The second-order valence-electron chi connectivity index (χ2n) is 4.65. The normalized spacial score (nSPS) is 10.8. The van der Waals surface area contributed by atoms with Crippen LogP contribution in [0.1, 0.15) is 5.69 Å². The largest absolute Gasteiger partial charge is 0.456 e. The van der Waals surface area contributed by atoms with Crippen LogP contribution < -0.4 is 4.74 Å². The maximum absolute atomic E-state index is 14.0. The van der Waals surface area contributed by atoms with Crippen molar-refractivity contribution in [2.24, 2.45) is 0 Å². The van der Waals surface area contributed by atoms with E-state index in [2.05, 4.69) is 14.7 Å². The van der Waals surface area contributed by atoms with Crippen molar-refractivity contribution in [3.63, 3.8) is 0 Å². The van der Waals surface area contributed by atoms with Gasteiger partial charge >= 0.3 is 11.8 Å². The average molecular weight is 333 g/mol. The van der Waals surface area contributed by atoms with Gasteiger partial charge in [0.15, 0.2) is 5.69 Å². The van der Waals surface area contributed by atoms with Crippen molar-refractivity contribution in [2.45, 2.75) is 5.92 Å². The number of pyridine rings is 1. The van der Waals surface area contributed by atoms with Crippen LogP contribution in [0, 0.1) is 6.57 Å². The Morgan fingerprint density at radius 1 is 1.21 bits per heavy atom.